The Kier molecular flexibility index (Phi) is 4.61. The lowest BCUT2D eigenvalue weighted by atomic mass is 10.0. The van der Waals surface area contributed by atoms with Crippen LogP contribution in [-0.2, 0) is 11.2 Å². The van der Waals surface area contributed by atoms with Crippen molar-refractivity contribution >= 4 is 28.8 Å². The first-order chi connectivity index (χ1) is 7.03. The van der Waals surface area contributed by atoms with Gasteiger partial charge in [-0.3, -0.25) is 4.79 Å². The Balaban J connectivity index is 2.42. The van der Waals surface area contributed by atoms with Gasteiger partial charge in [0.1, 0.15) is 0 Å². The van der Waals surface area contributed by atoms with Gasteiger partial charge < -0.3 is 5.32 Å². The number of alkyl halides is 1. The maximum atomic E-state index is 11.7. The molecule has 0 saturated heterocycles. The zero-order valence-electron chi connectivity index (χ0n) is 9.05. The summed E-state index contributed by atoms with van der Waals surface area (Å²) in [6.45, 7) is 3.97. The van der Waals surface area contributed by atoms with Crippen LogP contribution in [0.1, 0.15) is 25.8 Å². The molecule has 2 nitrogen and oxygen atoms in total. The number of nitrogens with one attached hydrogen (secondary N) is 1. The van der Waals surface area contributed by atoms with Crippen molar-refractivity contribution in [2.75, 3.05) is 5.88 Å². The lowest BCUT2D eigenvalue weighted by Gasteiger charge is -2.25. The van der Waals surface area contributed by atoms with Gasteiger partial charge in [0, 0.05) is 11.4 Å². The van der Waals surface area contributed by atoms with Crippen LogP contribution >= 0.6 is 22.9 Å². The number of amides is 1. The number of rotatable bonds is 5. The maximum absolute atomic E-state index is 11.7. The van der Waals surface area contributed by atoms with Crippen LogP contribution in [0.2, 0.25) is 0 Å². The van der Waals surface area contributed by atoms with E-state index in [0.29, 0.717) is 12.3 Å². The largest absolute Gasteiger partial charge is 0.351 e. The molecule has 1 heterocycles. The molecule has 0 aliphatic rings. The molecule has 0 unspecified atom stereocenters. The van der Waals surface area contributed by atoms with E-state index in [1.165, 1.54) is 0 Å². The highest BCUT2D eigenvalue weighted by atomic mass is 35.5. The third-order valence-corrected chi connectivity index (χ3v) is 3.06. The molecular formula is C11H16ClNOS. The van der Waals surface area contributed by atoms with Crippen LogP contribution in [-0.4, -0.2) is 17.3 Å². The molecule has 1 amide bonds. The molecule has 0 radical (unpaired) electrons. The average Bonchev–Trinajstić information content (AvgIpc) is 2.54. The van der Waals surface area contributed by atoms with Crippen molar-refractivity contribution in [3.05, 3.63) is 22.4 Å². The zero-order chi connectivity index (χ0) is 11.3. The summed E-state index contributed by atoms with van der Waals surface area (Å²) >= 11 is 7.27. The molecule has 4 heteroatoms. The first-order valence-electron chi connectivity index (χ1n) is 4.91. The van der Waals surface area contributed by atoms with Crippen molar-refractivity contribution in [1.29, 1.82) is 0 Å². The summed E-state index contributed by atoms with van der Waals surface area (Å²) in [5.74, 6) is 0.620. The molecule has 1 aromatic rings. The minimum absolute atomic E-state index is 0.0588. The summed E-state index contributed by atoms with van der Waals surface area (Å²) in [4.78, 5) is 11.7. The number of hydrogen-bond donors (Lipinski definition) is 1. The van der Waals surface area contributed by atoms with Crippen LogP contribution in [0.25, 0.3) is 0 Å². The second-order valence-electron chi connectivity index (χ2n) is 4.18. The monoisotopic (exact) mass is 245 g/mol. The summed E-state index contributed by atoms with van der Waals surface area (Å²) < 4.78 is 0. The molecule has 1 aromatic heterocycles. The quantitative estimate of drug-likeness (QED) is 0.795. The Morgan fingerprint density at radius 2 is 2.33 bits per heavy atom. The summed E-state index contributed by atoms with van der Waals surface area (Å²) in [5.41, 5.74) is 0.855. The maximum Gasteiger partial charge on any atom is 0.224 e. The fourth-order valence-electron chi connectivity index (χ4n) is 1.30. The van der Waals surface area contributed by atoms with Gasteiger partial charge in [-0.1, -0.05) is 0 Å². The Morgan fingerprint density at radius 3 is 2.87 bits per heavy atom. The predicted molar refractivity (Wildman–Crippen MR) is 65.6 cm³/mol. The first-order valence-corrected chi connectivity index (χ1v) is 6.39. The van der Waals surface area contributed by atoms with Gasteiger partial charge in [-0.25, -0.2) is 0 Å². The SMILES string of the molecule is CC(C)(CCCl)NC(=O)Cc1ccsc1. The molecule has 0 aliphatic carbocycles. The predicted octanol–water partition coefficient (Wildman–Crippen LogP) is 2.81. The van der Waals surface area contributed by atoms with Crippen LogP contribution < -0.4 is 5.32 Å². The second kappa shape index (κ2) is 5.52. The molecule has 1 rings (SSSR count). The van der Waals surface area contributed by atoms with Gasteiger partial charge in [0.25, 0.3) is 0 Å². The smallest absolute Gasteiger partial charge is 0.224 e. The van der Waals surface area contributed by atoms with E-state index in [9.17, 15) is 4.79 Å². The van der Waals surface area contributed by atoms with E-state index >= 15 is 0 Å². The highest BCUT2D eigenvalue weighted by Gasteiger charge is 2.19. The van der Waals surface area contributed by atoms with Crippen LogP contribution in [0.5, 0.6) is 0 Å². The van der Waals surface area contributed by atoms with E-state index in [0.717, 1.165) is 12.0 Å². The number of hydrogen-bond acceptors (Lipinski definition) is 2. The molecule has 0 bridgehead atoms. The van der Waals surface area contributed by atoms with E-state index in [1.54, 1.807) is 11.3 Å². The van der Waals surface area contributed by atoms with Gasteiger partial charge in [0.05, 0.1) is 6.42 Å². The lowest BCUT2D eigenvalue weighted by Crippen LogP contribution is -2.44. The fourth-order valence-corrected chi connectivity index (χ4v) is 2.44. The highest BCUT2D eigenvalue weighted by molar-refractivity contribution is 7.07. The number of halogens is 1. The Hall–Kier alpha value is -0.540. The zero-order valence-corrected chi connectivity index (χ0v) is 10.6. The van der Waals surface area contributed by atoms with Gasteiger partial charge in [-0.2, -0.15) is 11.3 Å². The van der Waals surface area contributed by atoms with E-state index in [1.807, 2.05) is 30.7 Å². The average molecular weight is 246 g/mol. The molecule has 0 aliphatic heterocycles. The van der Waals surface area contributed by atoms with Crippen molar-refractivity contribution in [3.63, 3.8) is 0 Å². The molecule has 0 aromatic carbocycles. The molecule has 1 N–H and O–H groups in total. The van der Waals surface area contributed by atoms with E-state index in [-0.39, 0.29) is 11.4 Å². The Morgan fingerprint density at radius 1 is 1.60 bits per heavy atom. The number of thiophene rings is 1. The summed E-state index contributed by atoms with van der Waals surface area (Å²) in [6.07, 6.45) is 1.24. The lowest BCUT2D eigenvalue weighted by molar-refractivity contribution is -0.122. The number of carbonyl (C=O) groups excluding carboxylic acids is 1. The van der Waals surface area contributed by atoms with Gasteiger partial charge in [0.15, 0.2) is 0 Å². The topological polar surface area (TPSA) is 29.1 Å². The van der Waals surface area contributed by atoms with Gasteiger partial charge in [-0.05, 0) is 42.7 Å². The minimum Gasteiger partial charge on any atom is -0.351 e. The minimum atomic E-state index is -0.213. The van der Waals surface area contributed by atoms with Crippen molar-refractivity contribution in [2.45, 2.75) is 32.2 Å². The highest BCUT2D eigenvalue weighted by Crippen LogP contribution is 2.11. The third kappa shape index (κ3) is 4.67. The molecular weight excluding hydrogens is 230 g/mol. The van der Waals surface area contributed by atoms with E-state index < -0.39 is 0 Å². The summed E-state index contributed by atoms with van der Waals surface area (Å²) in [5, 5.41) is 6.95. The van der Waals surface area contributed by atoms with Crippen molar-refractivity contribution < 1.29 is 4.79 Å². The van der Waals surface area contributed by atoms with Gasteiger partial charge >= 0.3 is 0 Å². The summed E-state index contributed by atoms with van der Waals surface area (Å²) in [6, 6.07) is 1.97. The Labute approximate surface area is 99.6 Å². The van der Waals surface area contributed by atoms with Gasteiger partial charge in [0.2, 0.25) is 5.91 Å². The van der Waals surface area contributed by atoms with Crippen LogP contribution in [0.3, 0.4) is 0 Å². The molecule has 0 spiro atoms. The first kappa shape index (κ1) is 12.5. The van der Waals surface area contributed by atoms with Crippen LogP contribution in [0, 0.1) is 0 Å². The molecule has 0 atom stereocenters. The van der Waals surface area contributed by atoms with Crippen molar-refractivity contribution in [2.24, 2.45) is 0 Å². The summed E-state index contributed by atoms with van der Waals surface area (Å²) in [7, 11) is 0. The molecule has 15 heavy (non-hydrogen) atoms. The number of carbonyl (C=O) groups is 1. The fraction of sp³-hybridized carbons (Fsp3) is 0.545. The second-order valence-corrected chi connectivity index (χ2v) is 5.34. The van der Waals surface area contributed by atoms with E-state index in [4.69, 9.17) is 11.6 Å². The van der Waals surface area contributed by atoms with Crippen molar-refractivity contribution in [1.82, 2.24) is 5.32 Å². The standard InChI is InChI=1S/C11H16ClNOS/c1-11(2,4-5-12)13-10(14)7-9-3-6-15-8-9/h3,6,8H,4-5,7H2,1-2H3,(H,13,14). The van der Waals surface area contributed by atoms with Crippen molar-refractivity contribution in [3.8, 4) is 0 Å². The van der Waals surface area contributed by atoms with E-state index in [2.05, 4.69) is 5.32 Å². The normalized spacial score (nSPS) is 11.4. The molecule has 0 saturated carbocycles. The third-order valence-electron chi connectivity index (χ3n) is 2.14. The molecule has 84 valence electrons. The van der Waals surface area contributed by atoms with Gasteiger partial charge in [-0.15, -0.1) is 11.6 Å². The van der Waals surface area contributed by atoms with Crippen LogP contribution in [0.4, 0.5) is 0 Å². The van der Waals surface area contributed by atoms with Crippen LogP contribution in [0.15, 0.2) is 16.8 Å². The molecule has 0 fully saturated rings. The Bertz CT molecular complexity index is 308.